The third kappa shape index (κ3) is 4.71. The van der Waals surface area contributed by atoms with E-state index in [0.29, 0.717) is 12.3 Å². The van der Waals surface area contributed by atoms with Gasteiger partial charge in [-0.15, -0.1) is 0 Å². The standard InChI is InChI=1S/C19H14ClF3N6O5/c20-12-8-11(19(21,22)23)9-24-16(12)34-17-14(29(31)32)15(25-10-26-17)27-3-5-28(6-4-27)18(30)13-2-1-7-33-13/h1-2,7-10H,3-6H2. The quantitative estimate of drug-likeness (QED) is 0.381. The van der Waals surface area contributed by atoms with Crippen molar-refractivity contribution in [2.24, 2.45) is 0 Å². The maximum absolute atomic E-state index is 12.8. The second-order valence-corrected chi connectivity index (χ2v) is 7.38. The van der Waals surface area contributed by atoms with Gasteiger partial charge in [0.1, 0.15) is 11.3 Å². The van der Waals surface area contributed by atoms with Gasteiger partial charge in [0, 0.05) is 32.4 Å². The topological polar surface area (TPSA) is 128 Å². The third-order valence-corrected chi connectivity index (χ3v) is 5.15. The average Bonchev–Trinajstić information content (AvgIpc) is 3.34. The van der Waals surface area contributed by atoms with Gasteiger partial charge < -0.3 is 19.0 Å². The van der Waals surface area contributed by atoms with Crippen LogP contribution < -0.4 is 9.64 Å². The van der Waals surface area contributed by atoms with Gasteiger partial charge in [-0.25, -0.2) is 9.97 Å². The molecule has 0 unspecified atom stereocenters. The number of hydrogen-bond donors (Lipinski definition) is 0. The lowest BCUT2D eigenvalue weighted by Gasteiger charge is -2.34. The van der Waals surface area contributed by atoms with Gasteiger partial charge in [-0.1, -0.05) is 11.6 Å². The van der Waals surface area contributed by atoms with E-state index in [1.807, 2.05) is 0 Å². The summed E-state index contributed by atoms with van der Waals surface area (Å²) in [4.78, 5) is 37.8. The molecule has 3 aromatic heterocycles. The SMILES string of the molecule is O=C(c1ccco1)N1CCN(c2ncnc(Oc3ncc(C(F)(F)F)cc3Cl)c2[N+](=O)[O-])CC1. The summed E-state index contributed by atoms with van der Waals surface area (Å²) >= 11 is 5.84. The molecule has 1 aliphatic rings. The van der Waals surface area contributed by atoms with Crippen molar-refractivity contribution in [3.63, 3.8) is 0 Å². The molecule has 0 radical (unpaired) electrons. The first kappa shape index (κ1) is 23.2. The van der Waals surface area contributed by atoms with Gasteiger partial charge in [0.2, 0.25) is 11.7 Å². The number of anilines is 1. The number of aromatic nitrogens is 3. The van der Waals surface area contributed by atoms with Crippen molar-refractivity contribution in [3.8, 4) is 11.8 Å². The normalized spacial score (nSPS) is 14.2. The van der Waals surface area contributed by atoms with Crippen molar-refractivity contribution in [2.75, 3.05) is 31.1 Å². The molecule has 4 heterocycles. The first-order chi connectivity index (χ1) is 16.1. The molecule has 0 aliphatic carbocycles. The molecule has 1 amide bonds. The Kier molecular flexibility index (Phi) is 6.24. The molecule has 0 aromatic carbocycles. The molecule has 4 rings (SSSR count). The largest absolute Gasteiger partial charge is 0.459 e. The molecule has 1 fully saturated rings. The predicted octanol–water partition coefficient (Wildman–Crippen LogP) is 3.80. The second-order valence-electron chi connectivity index (χ2n) is 6.98. The van der Waals surface area contributed by atoms with E-state index < -0.39 is 39.1 Å². The van der Waals surface area contributed by atoms with Crippen molar-refractivity contribution in [3.05, 3.63) is 63.4 Å². The Hall–Kier alpha value is -3.94. The summed E-state index contributed by atoms with van der Waals surface area (Å²) in [6.07, 6.45) is -1.79. The van der Waals surface area contributed by atoms with Gasteiger partial charge in [0.15, 0.2) is 5.76 Å². The number of furan rings is 1. The van der Waals surface area contributed by atoms with Crippen LogP contribution >= 0.6 is 11.6 Å². The molecule has 15 heteroatoms. The van der Waals surface area contributed by atoms with Crippen LogP contribution in [0.25, 0.3) is 0 Å². The Morgan fingerprint density at radius 2 is 1.91 bits per heavy atom. The number of ether oxygens (including phenoxy) is 1. The smallest absolute Gasteiger partial charge is 0.417 e. The minimum Gasteiger partial charge on any atom is -0.459 e. The van der Waals surface area contributed by atoms with Crippen LogP contribution in [0.3, 0.4) is 0 Å². The Labute approximate surface area is 193 Å². The van der Waals surface area contributed by atoms with Crippen molar-refractivity contribution in [1.29, 1.82) is 0 Å². The summed E-state index contributed by atoms with van der Waals surface area (Å²) in [6, 6.07) is 3.72. The first-order valence-electron chi connectivity index (χ1n) is 9.63. The highest BCUT2D eigenvalue weighted by Gasteiger charge is 2.34. The highest BCUT2D eigenvalue weighted by Crippen LogP contribution is 2.39. The van der Waals surface area contributed by atoms with Crippen LogP contribution in [0.4, 0.5) is 24.7 Å². The van der Waals surface area contributed by atoms with E-state index in [4.69, 9.17) is 20.8 Å². The van der Waals surface area contributed by atoms with Gasteiger partial charge in [-0.3, -0.25) is 14.9 Å². The number of rotatable bonds is 5. The van der Waals surface area contributed by atoms with E-state index in [1.54, 1.807) is 11.0 Å². The van der Waals surface area contributed by atoms with Crippen molar-refractivity contribution in [1.82, 2.24) is 19.9 Å². The Morgan fingerprint density at radius 1 is 1.18 bits per heavy atom. The molecule has 0 N–H and O–H groups in total. The molecule has 178 valence electrons. The monoisotopic (exact) mass is 498 g/mol. The highest BCUT2D eigenvalue weighted by molar-refractivity contribution is 6.31. The number of nitrogens with zero attached hydrogens (tertiary/aromatic N) is 6. The molecular weight excluding hydrogens is 485 g/mol. The van der Waals surface area contributed by atoms with Crippen LogP contribution in [0, 0.1) is 10.1 Å². The summed E-state index contributed by atoms with van der Waals surface area (Å²) in [6.45, 7) is 0.901. The van der Waals surface area contributed by atoms with Crippen LogP contribution in [0.15, 0.2) is 41.4 Å². The van der Waals surface area contributed by atoms with E-state index in [2.05, 4.69) is 15.0 Å². The van der Waals surface area contributed by atoms with Gasteiger partial charge in [-0.05, 0) is 18.2 Å². The second kappa shape index (κ2) is 9.13. The highest BCUT2D eigenvalue weighted by atomic mass is 35.5. The van der Waals surface area contributed by atoms with E-state index in [0.717, 1.165) is 6.33 Å². The van der Waals surface area contributed by atoms with E-state index >= 15 is 0 Å². The zero-order valence-corrected chi connectivity index (χ0v) is 17.8. The van der Waals surface area contributed by atoms with Crippen LogP contribution in [-0.2, 0) is 6.18 Å². The number of carbonyl (C=O) groups excluding carboxylic acids is 1. The Morgan fingerprint density at radius 3 is 2.50 bits per heavy atom. The van der Waals surface area contributed by atoms with E-state index in [-0.39, 0.29) is 43.7 Å². The maximum Gasteiger partial charge on any atom is 0.417 e. The molecule has 3 aromatic rings. The number of amides is 1. The van der Waals surface area contributed by atoms with Crippen molar-refractivity contribution < 1.29 is 32.0 Å². The number of alkyl halides is 3. The number of pyridine rings is 1. The minimum absolute atomic E-state index is 0.0804. The summed E-state index contributed by atoms with van der Waals surface area (Å²) < 4.78 is 48.9. The Balaban J connectivity index is 1.56. The molecule has 1 aliphatic heterocycles. The number of hydrogen-bond acceptors (Lipinski definition) is 9. The summed E-state index contributed by atoms with van der Waals surface area (Å²) in [5, 5.41) is 11.3. The van der Waals surface area contributed by atoms with E-state index in [9.17, 15) is 28.1 Å². The van der Waals surface area contributed by atoms with Gasteiger partial charge >= 0.3 is 17.7 Å². The third-order valence-electron chi connectivity index (χ3n) is 4.88. The summed E-state index contributed by atoms with van der Waals surface area (Å²) in [5.74, 6) is -1.25. The van der Waals surface area contributed by atoms with Crippen LogP contribution in [-0.4, -0.2) is 56.9 Å². The van der Waals surface area contributed by atoms with Gasteiger partial charge in [0.25, 0.3) is 5.91 Å². The van der Waals surface area contributed by atoms with Crippen LogP contribution in [0.5, 0.6) is 11.8 Å². The number of carbonyl (C=O) groups is 1. The van der Waals surface area contributed by atoms with E-state index in [1.165, 1.54) is 17.2 Å². The fourth-order valence-electron chi connectivity index (χ4n) is 3.24. The molecule has 34 heavy (non-hydrogen) atoms. The fourth-order valence-corrected chi connectivity index (χ4v) is 3.45. The Bertz CT molecular complexity index is 1220. The lowest BCUT2D eigenvalue weighted by atomic mass is 10.2. The van der Waals surface area contributed by atoms with Gasteiger partial charge in [0.05, 0.1) is 16.7 Å². The molecule has 11 nitrogen and oxygen atoms in total. The van der Waals surface area contributed by atoms with Gasteiger partial charge in [-0.2, -0.15) is 18.2 Å². The van der Waals surface area contributed by atoms with Crippen LogP contribution in [0.1, 0.15) is 16.1 Å². The molecule has 0 bridgehead atoms. The average molecular weight is 499 g/mol. The number of nitro groups is 1. The number of piperazine rings is 1. The molecule has 0 atom stereocenters. The maximum atomic E-state index is 12.8. The lowest BCUT2D eigenvalue weighted by molar-refractivity contribution is -0.385. The van der Waals surface area contributed by atoms with Crippen molar-refractivity contribution in [2.45, 2.75) is 6.18 Å². The molecule has 1 saturated heterocycles. The minimum atomic E-state index is -4.68. The predicted molar refractivity (Wildman–Crippen MR) is 110 cm³/mol. The molecule has 0 spiro atoms. The van der Waals surface area contributed by atoms with Crippen LogP contribution in [0.2, 0.25) is 5.02 Å². The number of halogens is 4. The summed E-state index contributed by atoms with van der Waals surface area (Å²) in [5.41, 5.74) is -1.73. The summed E-state index contributed by atoms with van der Waals surface area (Å²) in [7, 11) is 0. The first-order valence-corrected chi connectivity index (χ1v) is 10.0. The molecule has 0 saturated carbocycles. The van der Waals surface area contributed by atoms with Crippen molar-refractivity contribution >= 4 is 29.0 Å². The fraction of sp³-hybridized carbons (Fsp3) is 0.263. The lowest BCUT2D eigenvalue weighted by Crippen LogP contribution is -2.49. The molecular formula is C19H14ClF3N6O5. The zero-order chi connectivity index (χ0) is 24.5. The zero-order valence-electron chi connectivity index (χ0n) is 17.0.